The normalized spacial score (nSPS) is 26.7. The van der Waals surface area contributed by atoms with Crippen molar-refractivity contribution in [2.75, 3.05) is 4.31 Å². The number of allylic oxidation sites excluding steroid dienone is 1. The van der Waals surface area contributed by atoms with E-state index in [9.17, 15) is 18.0 Å². The second-order valence-corrected chi connectivity index (χ2v) is 12.8. The maximum absolute atomic E-state index is 14.3. The summed E-state index contributed by atoms with van der Waals surface area (Å²) >= 11 is 0. The molecule has 3 aliphatic rings. The summed E-state index contributed by atoms with van der Waals surface area (Å²) in [7, 11) is -3.98. The van der Waals surface area contributed by atoms with Crippen LogP contribution in [0.25, 0.3) is 0 Å². The third-order valence-electron chi connectivity index (χ3n) is 8.36. The molecule has 0 spiro atoms. The molecule has 0 amide bonds. The van der Waals surface area contributed by atoms with Crippen molar-refractivity contribution in [3.8, 4) is 0 Å². The van der Waals surface area contributed by atoms with Crippen LogP contribution in [0.15, 0.2) is 65.1 Å². The number of sulfonamides is 1. The van der Waals surface area contributed by atoms with Crippen LogP contribution in [-0.4, -0.2) is 32.3 Å². The number of hydrogen-bond donors (Lipinski definition) is 0. The Bertz CT molecular complexity index is 1320. The molecule has 7 heteroatoms. The molecule has 3 aliphatic carbocycles. The molecule has 190 valence electrons. The Morgan fingerprint density at radius 1 is 1.00 bits per heavy atom. The van der Waals surface area contributed by atoms with Crippen LogP contribution in [0.2, 0.25) is 0 Å². The van der Waals surface area contributed by atoms with E-state index in [1.807, 2.05) is 32.0 Å². The number of aryl methyl sites for hydroxylation is 2. The fourth-order valence-corrected chi connectivity index (χ4v) is 8.43. The lowest BCUT2D eigenvalue weighted by atomic mass is 9.81. The van der Waals surface area contributed by atoms with Gasteiger partial charge < -0.3 is 4.74 Å². The zero-order valence-corrected chi connectivity index (χ0v) is 22.0. The third kappa shape index (κ3) is 3.97. The summed E-state index contributed by atoms with van der Waals surface area (Å²) in [6.45, 7) is 8.18. The number of nitrogens with zero attached hydrogens (tertiary/aromatic N) is 1. The molecule has 2 fully saturated rings. The molecular weight excluding hydrogens is 474 g/mol. The van der Waals surface area contributed by atoms with Crippen LogP contribution in [0, 0.1) is 31.1 Å². The number of benzene rings is 2. The van der Waals surface area contributed by atoms with E-state index in [-0.39, 0.29) is 33.5 Å². The lowest BCUT2D eigenvalue weighted by molar-refractivity contribution is -0.148. The SMILES string of the molecule is Cc1cc(C)cc(N([C@H]2[C@@H](OC(=O)C3=CCCC3=O)[C@@H]3CC[C@H]2C3(C)C)S(=O)(=O)c2ccccc2)c1. The molecule has 0 aromatic heterocycles. The van der Waals surface area contributed by atoms with Gasteiger partial charge in [0.15, 0.2) is 5.78 Å². The zero-order valence-electron chi connectivity index (χ0n) is 21.2. The quantitative estimate of drug-likeness (QED) is 0.400. The summed E-state index contributed by atoms with van der Waals surface area (Å²) < 4.78 is 36.2. The minimum Gasteiger partial charge on any atom is -0.456 e. The third-order valence-corrected chi connectivity index (χ3v) is 10.2. The van der Waals surface area contributed by atoms with E-state index in [0.29, 0.717) is 18.5 Å². The number of ether oxygens (including phenoxy) is 1. The van der Waals surface area contributed by atoms with Crippen molar-refractivity contribution in [2.24, 2.45) is 17.3 Å². The molecule has 0 radical (unpaired) electrons. The summed E-state index contributed by atoms with van der Waals surface area (Å²) in [5.74, 6) is -0.851. The Labute approximate surface area is 213 Å². The minimum absolute atomic E-state index is 0.00654. The number of carbonyl (C=O) groups is 2. The molecule has 0 heterocycles. The lowest BCUT2D eigenvalue weighted by Crippen LogP contribution is -2.52. The van der Waals surface area contributed by atoms with Crippen molar-refractivity contribution >= 4 is 27.5 Å². The highest BCUT2D eigenvalue weighted by molar-refractivity contribution is 7.92. The number of anilines is 1. The Morgan fingerprint density at radius 3 is 2.25 bits per heavy atom. The first-order valence-electron chi connectivity index (χ1n) is 12.6. The van der Waals surface area contributed by atoms with Gasteiger partial charge in [0, 0.05) is 12.3 Å². The summed E-state index contributed by atoms with van der Waals surface area (Å²) in [5.41, 5.74) is 2.35. The fourth-order valence-electron chi connectivity index (χ4n) is 6.73. The Hall–Kier alpha value is -2.93. The molecule has 2 aromatic carbocycles. The predicted molar refractivity (Wildman–Crippen MR) is 138 cm³/mol. The molecule has 6 nitrogen and oxygen atoms in total. The summed E-state index contributed by atoms with van der Waals surface area (Å²) in [4.78, 5) is 25.6. The molecule has 0 N–H and O–H groups in total. The van der Waals surface area contributed by atoms with Gasteiger partial charge in [-0.15, -0.1) is 0 Å². The second-order valence-electron chi connectivity index (χ2n) is 11.0. The molecular formula is C29H33NO5S. The van der Waals surface area contributed by atoms with Gasteiger partial charge in [-0.1, -0.05) is 44.2 Å². The van der Waals surface area contributed by atoms with E-state index in [4.69, 9.17) is 4.74 Å². The van der Waals surface area contributed by atoms with Gasteiger partial charge >= 0.3 is 5.97 Å². The van der Waals surface area contributed by atoms with E-state index in [1.165, 1.54) is 4.31 Å². The number of esters is 1. The molecule has 0 aliphatic heterocycles. The van der Waals surface area contributed by atoms with Crippen molar-refractivity contribution in [1.82, 2.24) is 0 Å². The number of fused-ring (bicyclic) bond motifs is 2. The maximum Gasteiger partial charge on any atom is 0.341 e. The number of rotatable bonds is 6. The van der Waals surface area contributed by atoms with Crippen molar-refractivity contribution < 1.29 is 22.7 Å². The second kappa shape index (κ2) is 8.87. The van der Waals surface area contributed by atoms with Gasteiger partial charge in [-0.25, -0.2) is 13.2 Å². The number of Topliss-reactive ketones (excluding diaryl/α,β-unsaturated/α-hetero) is 1. The van der Waals surface area contributed by atoms with Crippen LogP contribution in [-0.2, 0) is 24.3 Å². The van der Waals surface area contributed by atoms with Crippen LogP contribution >= 0.6 is 0 Å². The van der Waals surface area contributed by atoms with Crippen molar-refractivity contribution in [3.63, 3.8) is 0 Å². The first-order chi connectivity index (χ1) is 17.0. The van der Waals surface area contributed by atoms with E-state index in [1.54, 1.807) is 36.4 Å². The van der Waals surface area contributed by atoms with Crippen molar-refractivity contribution in [2.45, 2.75) is 70.4 Å². The van der Waals surface area contributed by atoms with Crippen LogP contribution in [0.1, 0.15) is 50.7 Å². The van der Waals surface area contributed by atoms with Crippen molar-refractivity contribution in [1.29, 1.82) is 0 Å². The largest absolute Gasteiger partial charge is 0.456 e. The first kappa shape index (κ1) is 24.8. The topological polar surface area (TPSA) is 80.8 Å². The highest BCUT2D eigenvalue weighted by Gasteiger charge is 2.64. The number of ketones is 1. The van der Waals surface area contributed by atoms with E-state index in [0.717, 1.165) is 24.0 Å². The molecule has 2 saturated carbocycles. The Balaban J connectivity index is 1.65. The van der Waals surface area contributed by atoms with Gasteiger partial charge in [-0.3, -0.25) is 9.10 Å². The summed E-state index contributed by atoms with van der Waals surface area (Å²) in [6, 6.07) is 13.6. The monoisotopic (exact) mass is 507 g/mol. The highest BCUT2D eigenvalue weighted by atomic mass is 32.2. The molecule has 4 atom stereocenters. The van der Waals surface area contributed by atoms with Crippen LogP contribution in [0.3, 0.4) is 0 Å². The van der Waals surface area contributed by atoms with Crippen molar-refractivity contribution in [3.05, 3.63) is 71.3 Å². The van der Waals surface area contributed by atoms with Gasteiger partial charge in [0.25, 0.3) is 10.0 Å². The highest BCUT2D eigenvalue weighted by Crippen LogP contribution is 2.61. The lowest BCUT2D eigenvalue weighted by Gasteiger charge is -2.40. The first-order valence-corrected chi connectivity index (χ1v) is 14.1. The zero-order chi connectivity index (χ0) is 25.8. The molecule has 2 aromatic rings. The molecule has 2 bridgehead atoms. The van der Waals surface area contributed by atoms with E-state index < -0.39 is 28.1 Å². The smallest absolute Gasteiger partial charge is 0.341 e. The number of hydrogen-bond acceptors (Lipinski definition) is 5. The summed E-state index contributed by atoms with van der Waals surface area (Å²) in [6.07, 6.45) is 3.54. The van der Waals surface area contributed by atoms with Crippen LogP contribution < -0.4 is 4.31 Å². The van der Waals surface area contributed by atoms with Crippen LogP contribution in [0.5, 0.6) is 0 Å². The van der Waals surface area contributed by atoms with Gasteiger partial charge in [0.2, 0.25) is 0 Å². The average Bonchev–Trinajstić information content (AvgIpc) is 3.43. The van der Waals surface area contributed by atoms with Gasteiger partial charge in [0.1, 0.15) is 6.10 Å². The molecule has 0 unspecified atom stereocenters. The summed E-state index contributed by atoms with van der Waals surface area (Å²) in [5, 5.41) is 0. The molecule has 5 rings (SSSR count). The van der Waals surface area contributed by atoms with Gasteiger partial charge in [-0.2, -0.15) is 0 Å². The Morgan fingerprint density at radius 2 is 1.64 bits per heavy atom. The van der Waals surface area contributed by atoms with Crippen LogP contribution in [0.4, 0.5) is 5.69 Å². The minimum atomic E-state index is -3.98. The maximum atomic E-state index is 14.3. The average molecular weight is 508 g/mol. The standard InChI is InChI=1S/C29H33NO5S/c1-18-15-19(2)17-20(16-18)30(36(33,34)21-9-6-5-7-10-21)26-23-13-14-24(29(23,3)4)27(26)35-28(32)22-11-8-12-25(22)31/h5-7,9-11,15-17,23-24,26-27H,8,12-14H2,1-4H3/t23-,24+,26-,27+/m1/s1. The van der Waals surface area contributed by atoms with Gasteiger partial charge in [0.05, 0.1) is 22.2 Å². The van der Waals surface area contributed by atoms with Gasteiger partial charge in [-0.05, 0) is 79.8 Å². The Kier molecular flexibility index (Phi) is 6.10. The van der Waals surface area contributed by atoms with E-state index >= 15 is 0 Å². The fraction of sp³-hybridized carbons (Fsp3) is 0.448. The predicted octanol–water partition coefficient (Wildman–Crippen LogP) is 5.13. The van der Waals surface area contributed by atoms with E-state index in [2.05, 4.69) is 13.8 Å². The number of carbonyl (C=O) groups excluding carboxylic acids is 2. The molecule has 0 saturated heterocycles. The molecule has 36 heavy (non-hydrogen) atoms.